The first-order chi connectivity index (χ1) is 8.91. The summed E-state index contributed by atoms with van der Waals surface area (Å²) in [5, 5.41) is 8.75. The van der Waals surface area contributed by atoms with Crippen molar-refractivity contribution < 1.29 is 13.2 Å². The van der Waals surface area contributed by atoms with Gasteiger partial charge in [-0.15, -0.1) is 0 Å². The fourth-order valence-electron chi connectivity index (χ4n) is 1.39. The summed E-state index contributed by atoms with van der Waals surface area (Å²) >= 11 is 0. The Hall–Kier alpha value is -1.69. The lowest BCUT2D eigenvalue weighted by atomic mass is 10.2. The molecule has 0 spiro atoms. The summed E-state index contributed by atoms with van der Waals surface area (Å²) < 4.78 is 31.2. The largest absolute Gasteiger partial charge is 0.481 e. The van der Waals surface area contributed by atoms with Gasteiger partial charge in [-0.2, -0.15) is 22.3 Å². The molecule has 19 heavy (non-hydrogen) atoms. The molecule has 0 aromatic carbocycles. The van der Waals surface area contributed by atoms with Crippen LogP contribution in [-0.2, 0) is 16.8 Å². The van der Waals surface area contributed by atoms with E-state index < -0.39 is 10.2 Å². The highest BCUT2D eigenvalue weighted by molar-refractivity contribution is 7.86. The topological polar surface area (TPSA) is 86.5 Å². The van der Waals surface area contributed by atoms with Gasteiger partial charge in [-0.1, -0.05) is 0 Å². The van der Waals surface area contributed by atoms with Crippen LogP contribution in [0.25, 0.3) is 0 Å². The Morgan fingerprint density at radius 2 is 2.16 bits per heavy atom. The number of pyridine rings is 1. The standard InChI is InChI=1S/C11H16N4O3S/c1-14(2)19(16,17)15(7-5-12)9-10-4-6-13-11(8-10)18-3/h4,6,8H,7,9H2,1-3H3. The van der Waals surface area contributed by atoms with Gasteiger partial charge in [0.25, 0.3) is 10.2 Å². The average molecular weight is 284 g/mol. The molecule has 0 atom stereocenters. The van der Waals surface area contributed by atoms with Gasteiger partial charge in [-0.25, -0.2) is 4.98 Å². The van der Waals surface area contributed by atoms with Crippen molar-refractivity contribution in [1.29, 1.82) is 5.26 Å². The van der Waals surface area contributed by atoms with Crippen molar-refractivity contribution in [2.75, 3.05) is 27.7 Å². The molecule has 1 aromatic rings. The molecule has 0 aliphatic rings. The zero-order chi connectivity index (χ0) is 14.5. The molecule has 0 radical (unpaired) electrons. The Bertz CT molecular complexity index is 566. The van der Waals surface area contributed by atoms with Crippen molar-refractivity contribution in [1.82, 2.24) is 13.6 Å². The fourth-order valence-corrected chi connectivity index (χ4v) is 2.39. The Morgan fingerprint density at radius 3 is 2.68 bits per heavy atom. The first kappa shape index (κ1) is 15.4. The number of nitriles is 1. The smallest absolute Gasteiger partial charge is 0.282 e. The van der Waals surface area contributed by atoms with E-state index >= 15 is 0 Å². The average Bonchev–Trinajstić information content (AvgIpc) is 2.38. The highest BCUT2D eigenvalue weighted by Crippen LogP contribution is 2.14. The lowest BCUT2D eigenvalue weighted by Crippen LogP contribution is -2.39. The normalized spacial score (nSPS) is 11.6. The van der Waals surface area contributed by atoms with Crippen LogP contribution in [0.5, 0.6) is 5.88 Å². The van der Waals surface area contributed by atoms with Crippen LogP contribution in [0.3, 0.4) is 0 Å². The molecular weight excluding hydrogens is 268 g/mol. The van der Waals surface area contributed by atoms with E-state index in [2.05, 4.69) is 4.98 Å². The van der Waals surface area contributed by atoms with Gasteiger partial charge < -0.3 is 4.74 Å². The maximum absolute atomic E-state index is 12.0. The molecule has 1 aromatic heterocycles. The number of aromatic nitrogens is 1. The summed E-state index contributed by atoms with van der Waals surface area (Å²) in [6.45, 7) is -0.127. The zero-order valence-corrected chi connectivity index (χ0v) is 11.9. The quantitative estimate of drug-likeness (QED) is 0.698. The first-order valence-electron chi connectivity index (χ1n) is 5.45. The zero-order valence-electron chi connectivity index (χ0n) is 11.1. The number of hydrogen-bond donors (Lipinski definition) is 0. The van der Waals surface area contributed by atoms with E-state index in [0.717, 1.165) is 8.61 Å². The molecule has 0 N–H and O–H groups in total. The molecule has 0 aliphatic carbocycles. The summed E-state index contributed by atoms with van der Waals surface area (Å²) in [5.41, 5.74) is 0.701. The van der Waals surface area contributed by atoms with Crippen LogP contribution in [0, 0.1) is 11.3 Å². The minimum atomic E-state index is -3.64. The van der Waals surface area contributed by atoms with Crippen LogP contribution >= 0.6 is 0 Å². The van der Waals surface area contributed by atoms with E-state index in [4.69, 9.17) is 10.00 Å². The summed E-state index contributed by atoms with van der Waals surface area (Å²) in [6.07, 6.45) is 1.53. The summed E-state index contributed by atoms with van der Waals surface area (Å²) in [4.78, 5) is 3.94. The number of hydrogen-bond acceptors (Lipinski definition) is 5. The van der Waals surface area contributed by atoms with E-state index in [1.807, 2.05) is 6.07 Å². The first-order valence-corrected chi connectivity index (χ1v) is 6.85. The third-order valence-corrected chi connectivity index (χ3v) is 4.24. The van der Waals surface area contributed by atoms with Crippen LogP contribution in [-0.4, -0.2) is 49.8 Å². The summed E-state index contributed by atoms with van der Waals surface area (Å²) in [6, 6.07) is 5.16. The molecule has 0 amide bonds. The second kappa shape index (κ2) is 6.47. The SMILES string of the molecule is COc1cc(CN(CC#N)S(=O)(=O)N(C)C)ccn1. The van der Waals surface area contributed by atoms with E-state index in [-0.39, 0.29) is 13.1 Å². The second-order valence-electron chi connectivity index (χ2n) is 3.92. The molecular formula is C11H16N4O3S. The lowest BCUT2D eigenvalue weighted by molar-refractivity contribution is 0.386. The highest BCUT2D eigenvalue weighted by Gasteiger charge is 2.24. The van der Waals surface area contributed by atoms with Crippen molar-refractivity contribution in [2.24, 2.45) is 0 Å². The highest BCUT2D eigenvalue weighted by atomic mass is 32.2. The molecule has 0 unspecified atom stereocenters. The van der Waals surface area contributed by atoms with Gasteiger partial charge in [0, 0.05) is 32.9 Å². The van der Waals surface area contributed by atoms with E-state index in [1.165, 1.54) is 27.4 Å². The van der Waals surface area contributed by atoms with Crippen molar-refractivity contribution in [3.63, 3.8) is 0 Å². The predicted octanol–water partition coefficient (Wildman–Crippen LogP) is 0.222. The Balaban J connectivity index is 3.00. The van der Waals surface area contributed by atoms with Gasteiger partial charge in [0.1, 0.15) is 6.54 Å². The maximum Gasteiger partial charge on any atom is 0.282 e. The van der Waals surface area contributed by atoms with Gasteiger partial charge in [0.15, 0.2) is 0 Å². The third-order valence-electron chi connectivity index (χ3n) is 2.40. The molecule has 104 valence electrons. The monoisotopic (exact) mass is 284 g/mol. The lowest BCUT2D eigenvalue weighted by Gasteiger charge is -2.23. The van der Waals surface area contributed by atoms with Crippen LogP contribution in [0.1, 0.15) is 5.56 Å². The summed E-state index contributed by atoms with van der Waals surface area (Å²) in [5.74, 6) is 0.400. The molecule has 8 heteroatoms. The number of rotatable bonds is 6. The third kappa shape index (κ3) is 3.89. The van der Waals surface area contributed by atoms with Crippen LogP contribution in [0.2, 0.25) is 0 Å². The van der Waals surface area contributed by atoms with Gasteiger partial charge in [-0.05, 0) is 11.6 Å². The Kier molecular flexibility index (Phi) is 5.23. The number of ether oxygens (including phenoxy) is 1. The maximum atomic E-state index is 12.0. The summed E-state index contributed by atoms with van der Waals surface area (Å²) in [7, 11) is 0.693. The van der Waals surface area contributed by atoms with Gasteiger partial charge in [-0.3, -0.25) is 0 Å². The number of nitrogens with zero attached hydrogens (tertiary/aromatic N) is 4. The van der Waals surface area contributed by atoms with Crippen molar-refractivity contribution >= 4 is 10.2 Å². The molecule has 0 saturated heterocycles. The minimum absolute atomic E-state index is 0.0902. The number of methoxy groups -OCH3 is 1. The Labute approximate surface area is 113 Å². The van der Waals surface area contributed by atoms with Gasteiger partial charge in [0.2, 0.25) is 5.88 Å². The minimum Gasteiger partial charge on any atom is -0.481 e. The molecule has 0 aliphatic heterocycles. The van der Waals surface area contributed by atoms with Crippen molar-refractivity contribution in [2.45, 2.75) is 6.54 Å². The van der Waals surface area contributed by atoms with Crippen LogP contribution < -0.4 is 4.74 Å². The molecule has 0 fully saturated rings. The molecule has 1 heterocycles. The predicted molar refractivity (Wildman–Crippen MR) is 69.4 cm³/mol. The van der Waals surface area contributed by atoms with Crippen LogP contribution in [0.4, 0.5) is 0 Å². The van der Waals surface area contributed by atoms with E-state index in [9.17, 15) is 8.42 Å². The molecule has 0 bridgehead atoms. The van der Waals surface area contributed by atoms with E-state index in [1.54, 1.807) is 12.1 Å². The second-order valence-corrected chi connectivity index (χ2v) is 6.07. The van der Waals surface area contributed by atoms with Crippen molar-refractivity contribution in [3.05, 3.63) is 23.9 Å². The van der Waals surface area contributed by atoms with Gasteiger partial charge in [0.05, 0.1) is 13.2 Å². The fraction of sp³-hybridized carbons (Fsp3) is 0.455. The van der Waals surface area contributed by atoms with Crippen LogP contribution in [0.15, 0.2) is 18.3 Å². The van der Waals surface area contributed by atoms with E-state index in [0.29, 0.717) is 11.4 Å². The van der Waals surface area contributed by atoms with Gasteiger partial charge >= 0.3 is 0 Å². The molecule has 0 saturated carbocycles. The molecule has 1 rings (SSSR count). The van der Waals surface area contributed by atoms with Crippen molar-refractivity contribution in [3.8, 4) is 11.9 Å². The Morgan fingerprint density at radius 1 is 1.47 bits per heavy atom. The molecule has 7 nitrogen and oxygen atoms in total.